The number of nitrogens with one attached hydrogen (secondary N) is 2. The third kappa shape index (κ3) is 3.36. The molecule has 2 aliphatic rings. The lowest BCUT2D eigenvalue weighted by Crippen LogP contribution is -2.51. The van der Waals surface area contributed by atoms with Gasteiger partial charge in [0.05, 0.1) is 0 Å². The average molecular weight is 310 g/mol. The quantitative estimate of drug-likeness (QED) is 0.825. The number of benzene rings is 1. The van der Waals surface area contributed by atoms with Gasteiger partial charge in [0.2, 0.25) is 5.91 Å². The smallest absolute Gasteiger partial charge is 0.253 e. The number of aryl methyl sites for hydroxylation is 1. The van der Waals surface area contributed by atoms with Crippen molar-refractivity contribution >= 4 is 29.9 Å². The molecule has 0 aliphatic carbocycles. The molecule has 2 heterocycles. The molecule has 1 aromatic rings. The standard InChI is InChI=1S/C15H19N3O2.ClH/c1-10-9-18(7-6-16-10)15(20)12-2-4-13-11(8-12)3-5-14(19)17-13;/h2,4,8,10,16H,3,5-7,9H2,1H3,(H,17,19);1H. The maximum atomic E-state index is 12.5. The molecular formula is C15H20ClN3O2. The number of carbonyl (C=O) groups is 2. The summed E-state index contributed by atoms with van der Waals surface area (Å²) < 4.78 is 0. The van der Waals surface area contributed by atoms with Crippen molar-refractivity contribution in [3.8, 4) is 0 Å². The molecule has 0 spiro atoms. The summed E-state index contributed by atoms with van der Waals surface area (Å²) in [5, 5.41) is 6.17. The Morgan fingerprint density at radius 1 is 1.33 bits per heavy atom. The summed E-state index contributed by atoms with van der Waals surface area (Å²) in [5.74, 6) is 0.130. The predicted octanol–water partition coefficient (Wildman–Crippen LogP) is 1.43. The molecule has 0 radical (unpaired) electrons. The highest BCUT2D eigenvalue weighted by Crippen LogP contribution is 2.24. The van der Waals surface area contributed by atoms with Gasteiger partial charge in [-0.1, -0.05) is 0 Å². The van der Waals surface area contributed by atoms with Crippen molar-refractivity contribution in [3.63, 3.8) is 0 Å². The van der Waals surface area contributed by atoms with E-state index < -0.39 is 0 Å². The van der Waals surface area contributed by atoms with E-state index in [-0.39, 0.29) is 24.2 Å². The zero-order chi connectivity index (χ0) is 14.1. The minimum Gasteiger partial charge on any atom is -0.336 e. The number of hydrogen-bond acceptors (Lipinski definition) is 3. The normalized spacial score (nSPS) is 21.1. The van der Waals surface area contributed by atoms with Crippen LogP contribution < -0.4 is 10.6 Å². The number of fused-ring (bicyclic) bond motifs is 1. The Morgan fingerprint density at radius 2 is 2.14 bits per heavy atom. The molecule has 2 amide bonds. The molecule has 114 valence electrons. The van der Waals surface area contributed by atoms with Gasteiger partial charge < -0.3 is 15.5 Å². The molecule has 1 atom stereocenters. The van der Waals surface area contributed by atoms with E-state index in [2.05, 4.69) is 17.6 Å². The van der Waals surface area contributed by atoms with Crippen molar-refractivity contribution in [3.05, 3.63) is 29.3 Å². The van der Waals surface area contributed by atoms with E-state index >= 15 is 0 Å². The van der Waals surface area contributed by atoms with Gasteiger partial charge in [-0.05, 0) is 37.1 Å². The third-order valence-electron chi connectivity index (χ3n) is 3.90. The van der Waals surface area contributed by atoms with Crippen LogP contribution in [0.4, 0.5) is 5.69 Å². The molecule has 6 heteroatoms. The monoisotopic (exact) mass is 309 g/mol. The Kier molecular flexibility index (Phi) is 4.85. The first-order chi connectivity index (χ1) is 9.63. The third-order valence-corrected chi connectivity index (χ3v) is 3.90. The van der Waals surface area contributed by atoms with Crippen molar-refractivity contribution in [2.45, 2.75) is 25.8 Å². The molecule has 0 bridgehead atoms. The summed E-state index contributed by atoms with van der Waals surface area (Å²) in [5.41, 5.74) is 2.61. The fourth-order valence-corrected chi connectivity index (χ4v) is 2.82. The van der Waals surface area contributed by atoms with Gasteiger partial charge in [-0.2, -0.15) is 0 Å². The minimum absolute atomic E-state index is 0. The number of rotatable bonds is 1. The van der Waals surface area contributed by atoms with Gasteiger partial charge in [-0.15, -0.1) is 12.4 Å². The van der Waals surface area contributed by atoms with E-state index in [1.54, 1.807) is 6.07 Å². The second kappa shape index (κ2) is 6.45. The lowest BCUT2D eigenvalue weighted by Gasteiger charge is -2.32. The van der Waals surface area contributed by atoms with Gasteiger partial charge in [0, 0.05) is 43.3 Å². The lowest BCUT2D eigenvalue weighted by atomic mass is 9.99. The summed E-state index contributed by atoms with van der Waals surface area (Å²) >= 11 is 0. The number of amides is 2. The number of carbonyl (C=O) groups excluding carboxylic acids is 2. The Hall–Kier alpha value is -1.59. The van der Waals surface area contributed by atoms with Crippen LogP contribution in [-0.4, -0.2) is 42.4 Å². The molecule has 0 aromatic heterocycles. The van der Waals surface area contributed by atoms with Crippen molar-refractivity contribution in [1.29, 1.82) is 0 Å². The molecule has 2 N–H and O–H groups in total. The van der Waals surface area contributed by atoms with Crippen molar-refractivity contribution in [2.24, 2.45) is 0 Å². The van der Waals surface area contributed by atoms with Crippen LogP contribution in [0.2, 0.25) is 0 Å². The molecule has 1 fully saturated rings. The van der Waals surface area contributed by atoms with Crippen LogP contribution in [0, 0.1) is 0 Å². The van der Waals surface area contributed by atoms with Gasteiger partial charge in [-0.25, -0.2) is 0 Å². The predicted molar refractivity (Wildman–Crippen MR) is 84.0 cm³/mol. The molecule has 3 rings (SSSR count). The molecule has 5 nitrogen and oxygen atoms in total. The number of nitrogens with zero attached hydrogens (tertiary/aromatic N) is 1. The van der Waals surface area contributed by atoms with Gasteiger partial charge >= 0.3 is 0 Å². The highest BCUT2D eigenvalue weighted by Gasteiger charge is 2.23. The SMILES string of the molecule is CC1CN(C(=O)c2ccc3c(c2)CCC(=O)N3)CCN1.Cl. The van der Waals surface area contributed by atoms with Gasteiger partial charge in [0.1, 0.15) is 0 Å². The first kappa shape index (κ1) is 15.8. The highest BCUT2D eigenvalue weighted by atomic mass is 35.5. The number of anilines is 1. The van der Waals surface area contributed by atoms with Gasteiger partial charge in [0.25, 0.3) is 5.91 Å². The average Bonchev–Trinajstić information content (AvgIpc) is 2.46. The number of halogens is 1. The van der Waals surface area contributed by atoms with Crippen LogP contribution in [0.25, 0.3) is 0 Å². The number of hydrogen-bond donors (Lipinski definition) is 2. The molecule has 1 unspecified atom stereocenters. The Morgan fingerprint density at radius 3 is 2.90 bits per heavy atom. The van der Waals surface area contributed by atoms with E-state index in [4.69, 9.17) is 0 Å². The topological polar surface area (TPSA) is 61.4 Å². The van der Waals surface area contributed by atoms with Crippen molar-refractivity contribution < 1.29 is 9.59 Å². The van der Waals surface area contributed by atoms with Crippen LogP contribution >= 0.6 is 12.4 Å². The fraction of sp³-hybridized carbons (Fsp3) is 0.467. The molecule has 1 saturated heterocycles. The second-order valence-corrected chi connectivity index (χ2v) is 5.53. The van der Waals surface area contributed by atoms with Crippen molar-refractivity contribution in [2.75, 3.05) is 25.0 Å². The molecule has 21 heavy (non-hydrogen) atoms. The summed E-state index contributed by atoms with van der Waals surface area (Å²) in [6.07, 6.45) is 1.20. The Bertz CT molecular complexity index is 562. The molecule has 0 saturated carbocycles. The first-order valence-corrected chi connectivity index (χ1v) is 7.09. The number of piperazine rings is 1. The maximum absolute atomic E-state index is 12.5. The van der Waals surface area contributed by atoms with E-state index in [1.165, 1.54) is 0 Å². The van der Waals surface area contributed by atoms with E-state index in [0.29, 0.717) is 24.4 Å². The van der Waals surface area contributed by atoms with Gasteiger partial charge in [-0.3, -0.25) is 9.59 Å². The van der Waals surface area contributed by atoms with Crippen LogP contribution in [0.3, 0.4) is 0 Å². The Labute approximate surface area is 130 Å². The van der Waals surface area contributed by atoms with E-state index in [1.807, 2.05) is 17.0 Å². The van der Waals surface area contributed by atoms with Crippen LogP contribution in [0.1, 0.15) is 29.3 Å². The molecule has 2 aliphatic heterocycles. The fourth-order valence-electron chi connectivity index (χ4n) is 2.82. The van der Waals surface area contributed by atoms with E-state index in [0.717, 1.165) is 30.9 Å². The minimum atomic E-state index is 0. The van der Waals surface area contributed by atoms with Crippen LogP contribution in [0.5, 0.6) is 0 Å². The van der Waals surface area contributed by atoms with Gasteiger partial charge in [0.15, 0.2) is 0 Å². The maximum Gasteiger partial charge on any atom is 0.253 e. The van der Waals surface area contributed by atoms with Crippen LogP contribution in [-0.2, 0) is 11.2 Å². The summed E-state index contributed by atoms with van der Waals surface area (Å²) in [7, 11) is 0. The summed E-state index contributed by atoms with van der Waals surface area (Å²) in [4.78, 5) is 25.7. The molecular weight excluding hydrogens is 290 g/mol. The van der Waals surface area contributed by atoms with E-state index in [9.17, 15) is 9.59 Å². The zero-order valence-electron chi connectivity index (χ0n) is 12.0. The van der Waals surface area contributed by atoms with Crippen molar-refractivity contribution in [1.82, 2.24) is 10.2 Å². The van der Waals surface area contributed by atoms with Crippen LogP contribution in [0.15, 0.2) is 18.2 Å². The summed E-state index contributed by atoms with van der Waals surface area (Å²) in [6.45, 7) is 4.42. The summed E-state index contributed by atoms with van der Waals surface area (Å²) in [6, 6.07) is 5.90. The first-order valence-electron chi connectivity index (χ1n) is 7.09. The largest absolute Gasteiger partial charge is 0.336 e. The Balaban J connectivity index is 0.00000161. The second-order valence-electron chi connectivity index (χ2n) is 5.53. The lowest BCUT2D eigenvalue weighted by molar-refractivity contribution is -0.116. The highest BCUT2D eigenvalue weighted by molar-refractivity contribution is 5.98. The zero-order valence-corrected chi connectivity index (χ0v) is 12.8. The molecule has 1 aromatic carbocycles.